The van der Waals surface area contributed by atoms with Gasteiger partial charge in [-0.1, -0.05) is 12.1 Å². The molecule has 1 aromatic rings. The maximum absolute atomic E-state index is 12.6. The van der Waals surface area contributed by atoms with E-state index in [1.54, 1.807) is 36.9 Å². The largest absolute Gasteiger partial charge is 0.466 e. The van der Waals surface area contributed by atoms with Crippen molar-refractivity contribution in [1.29, 1.82) is 0 Å². The molecule has 1 aromatic carbocycles. The van der Waals surface area contributed by atoms with E-state index in [-0.39, 0.29) is 30.0 Å². The lowest BCUT2D eigenvalue weighted by Crippen LogP contribution is -2.41. The quantitative estimate of drug-likeness (QED) is 0.781. The number of hydrogen-bond acceptors (Lipinski definition) is 4. The zero-order valence-corrected chi connectivity index (χ0v) is 13.7. The summed E-state index contributed by atoms with van der Waals surface area (Å²) in [4.78, 5) is 37.5. The molecule has 1 aliphatic rings. The fourth-order valence-corrected chi connectivity index (χ4v) is 2.87. The van der Waals surface area contributed by atoms with Crippen LogP contribution < -0.4 is 0 Å². The molecule has 1 aliphatic heterocycles. The van der Waals surface area contributed by atoms with Crippen LogP contribution in [0, 0.1) is 5.92 Å². The highest BCUT2D eigenvalue weighted by Crippen LogP contribution is 2.20. The maximum atomic E-state index is 12.6. The highest BCUT2D eigenvalue weighted by molar-refractivity contribution is 5.95. The summed E-state index contributed by atoms with van der Waals surface area (Å²) in [5, 5.41) is 0. The third-order valence-corrected chi connectivity index (χ3v) is 4.11. The van der Waals surface area contributed by atoms with Gasteiger partial charge in [-0.15, -0.1) is 0 Å². The summed E-state index contributed by atoms with van der Waals surface area (Å²) in [6.45, 7) is 4.84. The summed E-state index contributed by atoms with van der Waals surface area (Å²) in [6, 6.07) is 7.06. The number of nitrogens with zero attached hydrogens (tertiary/aromatic N) is 1. The molecule has 5 heteroatoms. The van der Waals surface area contributed by atoms with Crippen molar-refractivity contribution in [1.82, 2.24) is 4.90 Å². The topological polar surface area (TPSA) is 63.7 Å². The van der Waals surface area contributed by atoms with Gasteiger partial charge < -0.3 is 9.64 Å². The second kappa shape index (κ2) is 7.90. The van der Waals surface area contributed by atoms with Crippen molar-refractivity contribution in [2.45, 2.75) is 33.1 Å². The minimum absolute atomic E-state index is 0.0598. The van der Waals surface area contributed by atoms with Crippen molar-refractivity contribution < 1.29 is 19.1 Å². The highest BCUT2D eigenvalue weighted by atomic mass is 16.5. The summed E-state index contributed by atoms with van der Waals surface area (Å²) in [5.41, 5.74) is 1.31. The molecule has 1 saturated heterocycles. The molecule has 1 fully saturated rings. The molecule has 1 atom stereocenters. The minimum atomic E-state index is -0.299. The number of piperidine rings is 1. The van der Waals surface area contributed by atoms with Gasteiger partial charge in [0.1, 0.15) is 5.78 Å². The molecule has 0 aliphatic carbocycles. The van der Waals surface area contributed by atoms with E-state index < -0.39 is 0 Å². The van der Waals surface area contributed by atoms with Gasteiger partial charge in [0.05, 0.1) is 13.0 Å². The van der Waals surface area contributed by atoms with Gasteiger partial charge in [0.15, 0.2) is 0 Å². The molecular weight excluding hydrogens is 294 g/mol. The number of carbonyl (C=O) groups excluding carboxylic acids is 3. The number of esters is 1. The molecule has 5 nitrogen and oxygen atoms in total. The number of amides is 1. The minimum Gasteiger partial charge on any atom is -0.466 e. The first-order chi connectivity index (χ1) is 11.0. The van der Waals surface area contributed by atoms with Crippen LogP contribution in [0.5, 0.6) is 0 Å². The van der Waals surface area contributed by atoms with Crippen LogP contribution in [0.4, 0.5) is 0 Å². The van der Waals surface area contributed by atoms with Gasteiger partial charge in [-0.3, -0.25) is 14.4 Å². The molecule has 0 spiro atoms. The van der Waals surface area contributed by atoms with Crippen LogP contribution in [0.3, 0.4) is 0 Å². The normalized spacial score (nSPS) is 17.7. The van der Waals surface area contributed by atoms with Crippen molar-refractivity contribution in [3.8, 4) is 0 Å². The average molecular weight is 317 g/mol. The number of Topliss-reactive ketones (excluding diaryl/α,β-unsaturated/α-hetero) is 1. The molecule has 1 amide bonds. The van der Waals surface area contributed by atoms with Gasteiger partial charge >= 0.3 is 5.97 Å². The number of hydrogen-bond donors (Lipinski definition) is 0. The van der Waals surface area contributed by atoms with Crippen molar-refractivity contribution >= 4 is 17.7 Å². The molecule has 1 heterocycles. The summed E-state index contributed by atoms with van der Waals surface area (Å²) in [6.07, 6.45) is 1.85. The second-order valence-electron chi connectivity index (χ2n) is 5.88. The number of carbonyl (C=O) groups is 3. The molecule has 1 unspecified atom stereocenters. The third kappa shape index (κ3) is 4.65. The molecule has 2 rings (SSSR count). The zero-order chi connectivity index (χ0) is 16.8. The summed E-state index contributed by atoms with van der Waals surface area (Å²) < 4.78 is 4.93. The van der Waals surface area contributed by atoms with E-state index in [4.69, 9.17) is 4.74 Å². The van der Waals surface area contributed by atoms with Crippen molar-refractivity contribution in [2.24, 2.45) is 5.92 Å². The van der Waals surface area contributed by atoms with Crippen LogP contribution in [0.25, 0.3) is 0 Å². The first kappa shape index (κ1) is 17.2. The fraction of sp³-hybridized carbons (Fsp3) is 0.500. The highest BCUT2D eigenvalue weighted by Gasteiger charge is 2.27. The Bertz CT molecular complexity index is 596. The van der Waals surface area contributed by atoms with Crippen LogP contribution in [-0.4, -0.2) is 42.3 Å². The number of ether oxygens (including phenoxy) is 1. The molecule has 0 saturated carbocycles. The van der Waals surface area contributed by atoms with E-state index in [1.165, 1.54) is 0 Å². The number of rotatable bonds is 5. The van der Waals surface area contributed by atoms with Crippen LogP contribution in [0.1, 0.15) is 42.6 Å². The van der Waals surface area contributed by atoms with E-state index in [1.807, 2.05) is 6.07 Å². The Morgan fingerprint density at radius 1 is 1.30 bits per heavy atom. The zero-order valence-electron chi connectivity index (χ0n) is 13.7. The van der Waals surface area contributed by atoms with Crippen molar-refractivity contribution in [2.75, 3.05) is 19.7 Å². The van der Waals surface area contributed by atoms with Gasteiger partial charge in [-0.05, 0) is 44.4 Å². The number of ketones is 1. The summed E-state index contributed by atoms with van der Waals surface area (Å²) >= 11 is 0. The van der Waals surface area contributed by atoms with E-state index in [9.17, 15) is 14.4 Å². The Morgan fingerprint density at radius 2 is 2.09 bits per heavy atom. The SMILES string of the molecule is CCOC(=O)Cc1cccc(C(=O)N2CCCC(C(C)=O)C2)c1. The number of likely N-dealkylation sites (tertiary alicyclic amines) is 1. The summed E-state index contributed by atoms with van der Waals surface area (Å²) in [7, 11) is 0. The molecule has 124 valence electrons. The Labute approximate surface area is 136 Å². The first-order valence-electron chi connectivity index (χ1n) is 8.05. The Hall–Kier alpha value is -2.17. The monoisotopic (exact) mass is 317 g/mol. The Morgan fingerprint density at radius 3 is 2.78 bits per heavy atom. The lowest BCUT2D eigenvalue weighted by Gasteiger charge is -2.31. The predicted molar refractivity (Wildman–Crippen MR) is 86.1 cm³/mol. The third-order valence-electron chi connectivity index (χ3n) is 4.11. The van der Waals surface area contributed by atoms with Crippen molar-refractivity contribution in [3.63, 3.8) is 0 Å². The van der Waals surface area contributed by atoms with Crippen LogP contribution in [0.15, 0.2) is 24.3 Å². The molecular formula is C18H23NO4. The van der Waals surface area contributed by atoms with Crippen LogP contribution in [0.2, 0.25) is 0 Å². The lowest BCUT2D eigenvalue weighted by molar-refractivity contribution is -0.142. The Balaban J connectivity index is 2.07. The van der Waals surface area contributed by atoms with Gasteiger partial charge in [0.2, 0.25) is 0 Å². The maximum Gasteiger partial charge on any atom is 0.310 e. The molecule has 0 radical (unpaired) electrons. The van der Waals surface area contributed by atoms with Gasteiger partial charge in [-0.2, -0.15) is 0 Å². The van der Waals surface area contributed by atoms with Gasteiger partial charge in [0.25, 0.3) is 5.91 Å². The Kier molecular flexibility index (Phi) is 5.90. The number of benzene rings is 1. The molecule has 0 N–H and O–H groups in total. The first-order valence-corrected chi connectivity index (χ1v) is 8.05. The van der Waals surface area contributed by atoms with E-state index in [2.05, 4.69) is 0 Å². The van der Waals surface area contributed by atoms with Crippen LogP contribution in [-0.2, 0) is 20.7 Å². The standard InChI is InChI=1S/C18H23NO4/c1-3-23-17(21)11-14-6-4-7-15(10-14)18(22)19-9-5-8-16(12-19)13(2)20/h4,6-7,10,16H,3,5,8-9,11-12H2,1-2H3. The van der Waals surface area contributed by atoms with Gasteiger partial charge in [-0.25, -0.2) is 0 Å². The average Bonchev–Trinajstić information content (AvgIpc) is 2.54. The fourth-order valence-electron chi connectivity index (χ4n) is 2.87. The van der Waals surface area contributed by atoms with E-state index in [0.717, 1.165) is 18.4 Å². The lowest BCUT2D eigenvalue weighted by atomic mass is 9.94. The van der Waals surface area contributed by atoms with E-state index in [0.29, 0.717) is 25.3 Å². The molecule has 0 bridgehead atoms. The predicted octanol–water partition coefficient (Wildman–Crippen LogP) is 2.23. The smallest absolute Gasteiger partial charge is 0.310 e. The van der Waals surface area contributed by atoms with E-state index >= 15 is 0 Å². The second-order valence-corrected chi connectivity index (χ2v) is 5.88. The van der Waals surface area contributed by atoms with Gasteiger partial charge in [0, 0.05) is 24.6 Å². The molecule has 0 aromatic heterocycles. The van der Waals surface area contributed by atoms with Crippen molar-refractivity contribution in [3.05, 3.63) is 35.4 Å². The van der Waals surface area contributed by atoms with Crippen LogP contribution >= 0.6 is 0 Å². The molecule has 23 heavy (non-hydrogen) atoms. The summed E-state index contributed by atoms with van der Waals surface area (Å²) in [5.74, 6) is -0.303.